The van der Waals surface area contributed by atoms with E-state index in [1.165, 1.54) is 6.20 Å². The fraction of sp³-hybridized carbons (Fsp3) is 0.154. The first-order valence-electron chi connectivity index (χ1n) is 6.24. The molecule has 0 aliphatic rings. The third kappa shape index (κ3) is 2.50. The van der Waals surface area contributed by atoms with E-state index in [9.17, 15) is 8.42 Å². The normalized spacial score (nSPS) is 11.9. The van der Waals surface area contributed by atoms with E-state index in [0.717, 1.165) is 5.39 Å². The molecule has 0 atom stereocenters. The summed E-state index contributed by atoms with van der Waals surface area (Å²) < 4.78 is 32.2. The van der Waals surface area contributed by atoms with Crippen LogP contribution in [-0.2, 0) is 16.4 Å². The number of oxazole rings is 1. The van der Waals surface area contributed by atoms with Crippen molar-refractivity contribution in [3.63, 3.8) is 0 Å². The average Bonchev–Trinajstić information content (AvgIpc) is 3.07. The topological polar surface area (TPSA) is 88.0 Å². The van der Waals surface area contributed by atoms with E-state index in [1.807, 2.05) is 6.92 Å². The van der Waals surface area contributed by atoms with Crippen LogP contribution >= 0.6 is 11.6 Å². The van der Waals surface area contributed by atoms with Crippen LogP contribution in [0, 0.1) is 0 Å². The molecule has 0 bridgehead atoms. The molecule has 8 heteroatoms. The van der Waals surface area contributed by atoms with E-state index in [4.69, 9.17) is 16.0 Å². The number of H-pyrrole nitrogens is 1. The molecule has 0 unspecified atom stereocenters. The number of rotatable bonds is 4. The first-order valence-corrected chi connectivity index (χ1v) is 8.10. The minimum absolute atomic E-state index is 0.214. The molecule has 3 rings (SSSR count). The minimum Gasteiger partial charge on any atom is -0.427 e. The van der Waals surface area contributed by atoms with E-state index in [-0.39, 0.29) is 5.09 Å². The predicted octanol–water partition coefficient (Wildman–Crippen LogP) is 3.17. The second-order valence-corrected chi connectivity index (χ2v) is 6.42. The smallest absolute Gasteiger partial charge is 0.297 e. The van der Waals surface area contributed by atoms with Crippen LogP contribution in [0.2, 0.25) is 5.02 Å². The fourth-order valence-corrected chi connectivity index (χ4v) is 3.15. The van der Waals surface area contributed by atoms with Crippen molar-refractivity contribution in [1.82, 2.24) is 9.97 Å². The summed E-state index contributed by atoms with van der Waals surface area (Å²) >= 11 is 6.02. The van der Waals surface area contributed by atoms with Gasteiger partial charge in [0, 0.05) is 18.0 Å². The Morgan fingerprint density at radius 1 is 1.43 bits per heavy atom. The van der Waals surface area contributed by atoms with Crippen molar-refractivity contribution in [1.29, 1.82) is 0 Å². The highest BCUT2D eigenvalue weighted by Gasteiger charge is 2.21. The molecule has 6 nitrogen and oxygen atoms in total. The maximum Gasteiger partial charge on any atom is 0.297 e. The van der Waals surface area contributed by atoms with Gasteiger partial charge in [0.05, 0.1) is 22.4 Å². The van der Waals surface area contributed by atoms with E-state index in [1.54, 1.807) is 24.4 Å². The molecule has 0 radical (unpaired) electrons. The minimum atomic E-state index is -3.83. The summed E-state index contributed by atoms with van der Waals surface area (Å²) in [5.41, 5.74) is 1.01. The molecule has 2 heterocycles. The summed E-state index contributed by atoms with van der Waals surface area (Å²) in [6.07, 6.45) is 3.33. The van der Waals surface area contributed by atoms with Crippen LogP contribution in [-0.4, -0.2) is 18.4 Å². The summed E-state index contributed by atoms with van der Waals surface area (Å²) in [4.78, 5) is 6.84. The molecule has 0 amide bonds. The third-order valence-electron chi connectivity index (χ3n) is 3.01. The van der Waals surface area contributed by atoms with Crippen LogP contribution in [0.5, 0.6) is 0 Å². The van der Waals surface area contributed by atoms with Gasteiger partial charge >= 0.3 is 0 Å². The molecule has 0 aliphatic heterocycles. The largest absolute Gasteiger partial charge is 0.427 e. The third-order valence-corrected chi connectivity index (χ3v) is 4.53. The van der Waals surface area contributed by atoms with Crippen molar-refractivity contribution in [3.8, 4) is 0 Å². The average molecular weight is 326 g/mol. The van der Waals surface area contributed by atoms with Crippen molar-refractivity contribution in [2.75, 3.05) is 4.72 Å². The lowest BCUT2D eigenvalue weighted by Gasteiger charge is -2.06. The monoisotopic (exact) mass is 325 g/mol. The molecule has 0 saturated heterocycles. The highest BCUT2D eigenvalue weighted by atomic mass is 35.5. The van der Waals surface area contributed by atoms with Gasteiger partial charge in [0.1, 0.15) is 0 Å². The SMILES string of the molecule is CCc1ncc(S(=O)(=O)Nc2cccc3c(Cl)c[nH]c23)o1. The molecule has 0 aliphatic carbocycles. The number of halogens is 1. The highest BCUT2D eigenvalue weighted by Crippen LogP contribution is 2.29. The molecular weight excluding hydrogens is 314 g/mol. The van der Waals surface area contributed by atoms with Crippen molar-refractivity contribution < 1.29 is 12.8 Å². The Labute approximate surface area is 126 Å². The number of hydrogen-bond acceptors (Lipinski definition) is 4. The Morgan fingerprint density at radius 3 is 2.95 bits per heavy atom. The van der Waals surface area contributed by atoms with E-state index in [0.29, 0.717) is 28.5 Å². The van der Waals surface area contributed by atoms with Crippen LogP contribution in [0.4, 0.5) is 5.69 Å². The first kappa shape index (κ1) is 14.0. The predicted molar refractivity (Wildman–Crippen MR) is 80.0 cm³/mol. The number of hydrogen-bond donors (Lipinski definition) is 2. The number of sulfonamides is 1. The lowest BCUT2D eigenvalue weighted by molar-refractivity contribution is 0.412. The molecule has 0 saturated carbocycles. The van der Waals surface area contributed by atoms with Crippen LogP contribution in [0.1, 0.15) is 12.8 Å². The number of nitrogens with one attached hydrogen (secondary N) is 2. The molecule has 3 aromatic rings. The number of nitrogens with zero attached hydrogens (tertiary/aromatic N) is 1. The Bertz CT molecular complexity index is 898. The van der Waals surface area contributed by atoms with Gasteiger partial charge in [-0.15, -0.1) is 0 Å². The summed E-state index contributed by atoms with van der Waals surface area (Å²) in [6, 6.07) is 5.16. The Kier molecular flexibility index (Phi) is 3.38. The Hall–Kier alpha value is -1.99. The number of fused-ring (bicyclic) bond motifs is 1. The number of aryl methyl sites for hydroxylation is 1. The number of aromatic amines is 1. The van der Waals surface area contributed by atoms with Crippen LogP contribution in [0.25, 0.3) is 10.9 Å². The standard InChI is InChI=1S/C13H12ClN3O3S/c1-2-11-15-7-12(20-11)21(18,19)17-10-5-3-4-8-9(14)6-16-13(8)10/h3-7,16-17H,2H2,1H3. The zero-order chi connectivity index (χ0) is 15.0. The molecule has 1 aromatic carbocycles. The Balaban J connectivity index is 2.01. The molecule has 21 heavy (non-hydrogen) atoms. The van der Waals surface area contributed by atoms with Crippen molar-refractivity contribution >= 4 is 38.2 Å². The zero-order valence-corrected chi connectivity index (χ0v) is 12.6. The van der Waals surface area contributed by atoms with E-state index in [2.05, 4.69) is 14.7 Å². The molecule has 0 spiro atoms. The lowest BCUT2D eigenvalue weighted by atomic mass is 10.2. The van der Waals surface area contributed by atoms with Gasteiger partial charge in [-0.25, -0.2) is 4.98 Å². The van der Waals surface area contributed by atoms with Gasteiger partial charge in [-0.1, -0.05) is 30.7 Å². The quantitative estimate of drug-likeness (QED) is 0.771. The molecule has 2 N–H and O–H groups in total. The first-order chi connectivity index (χ1) is 10.0. The maximum atomic E-state index is 12.3. The number of benzene rings is 1. The van der Waals surface area contributed by atoms with Crippen LogP contribution in [0.3, 0.4) is 0 Å². The second kappa shape index (κ2) is 5.09. The number of aromatic nitrogens is 2. The van der Waals surface area contributed by atoms with Gasteiger partial charge in [-0.2, -0.15) is 8.42 Å². The fourth-order valence-electron chi connectivity index (χ4n) is 1.98. The van der Waals surface area contributed by atoms with Gasteiger partial charge in [0.25, 0.3) is 15.1 Å². The van der Waals surface area contributed by atoms with Crippen molar-refractivity contribution in [2.24, 2.45) is 0 Å². The van der Waals surface area contributed by atoms with Gasteiger partial charge < -0.3 is 9.40 Å². The number of para-hydroxylation sites is 1. The maximum absolute atomic E-state index is 12.3. The summed E-state index contributed by atoms with van der Waals surface area (Å²) in [5.74, 6) is 0.372. The van der Waals surface area contributed by atoms with Crippen molar-refractivity contribution in [2.45, 2.75) is 18.4 Å². The molecule has 2 aromatic heterocycles. The molecular formula is C13H12ClN3O3S. The summed E-state index contributed by atoms with van der Waals surface area (Å²) in [5, 5.41) is 1.05. The van der Waals surface area contributed by atoms with Crippen LogP contribution in [0.15, 0.2) is 40.1 Å². The van der Waals surface area contributed by atoms with E-state index >= 15 is 0 Å². The lowest BCUT2D eigenvalue weighted by Crippen LogP contribution is -2.12. The van der Waals surface area contributed by atoms with Crippen LogP contribution < -0.4 is 4.72 Å². The van der Waals surface area contributed by atoms with Gasteiger partial charge in [0.15, 0.2) is 5.89 Å². The van der Waals surface area contributed by atoms with Gasteiger partial charge in [0.2, 0.25) is 0 Å². The molecule has 110 valence electrons. The van der Waals surface area contributed by atoms with Crippen molar-refractivity contribution in [3.05, 3.63) is 41.5 Å². The Morgan fingerprint density at radius 2 is 2.24 bits per heavy atom. The zero-order valence-electron chi connectivity index (χ0n) is 11.1. The molecule has 0 fully saturated rings. The van der Waals surface area contributed by atoms with E-state index < -0.39 is 10.0 Å². The van der Waals surface area contributed by atoms with Gasteiger partial charge in [-0.3, -0.25) is 4.72 Å². The second-order valence-electron chi connectivity index (χ2n) is 4.40. The highest BCUT2D eigenvalue weighted by molar-refractivity contribution is 7.92. The summed E-state index contributed by atoms with van der Waals surface area (Å²) in [6.45, 7) is 1.83. The summed E-state index contributed by atoms with van der Waals surface area (Å²) in [7, 11) is -3.83. The van der Waals surface area contributed by atoms with Gasteiger partial charge in [-0.05, 0) is 6.07 Å². The number of anilines is 1.